The number of nitrogens with zero attached hydrogens (tertiary/aromatic N) is 2. The van der Waals surface area contributed by atoms with Crippen LogP contribution in [0, 0.1) is 6.92 Å². The molecule has 0 bridgehead atoms. The number of aryl methyl sites for hydroxylation is 1. The van der Waals surface area contributed by atoms with Crippen molar-refractivity contribution in [3.05, 3.63) is 65.2 Å². The highest BCUT2D eigenvalue weighted by Gasteiger charge is 2.35. The Labute approximate surface area is 166 Å². The maximum Gasteiger partial charge on any atom is 0.250 e. The van der Waals surface area contributed by atoms with Crippen LogP contribution >= 0.6 is 0 Å². The van der Waals surface area contributed by atoms with Crippen molar-refractivity contribution in [1.29, 1.82) is 0 Å². The summed E-state index contributed by atoms with van der Waals surface area (Å²) in [4.78, 5) is 0. The highest BCUT2D eigenvalue weighted by Crippen LogP contribution is 2.35. The van der Waals surface area contributed by atoms with E-state index in [0.29, 0.717) is 23.4 Å². The van der Waals surface area contributed by atoms with E-state index < -0.39 is 26.1 Å². The first kappa shape index (κ1) is 20.3. The number of hydrogen-bond donors (Lipinski definition) is 1. The molecule has 2 aromatic rings. The van der Waals surface area contributed by atoms with Crippen LogP contribution in [0.5, 0.6) is 0 Å². The fraction of sp³-hybridized carbons (Fsp3) is 0.316. The second-order valence-electron chi connectivity index (χ2n) is 6.81. The van der Waals surface area contributed by atoms with Crippen LogP contribution in [-0.2, 0) is 20.0 Å². The zero-order chi connectivity index (χ0) is 20.5. The molecule has 0 amide bonds. The van der Waals surface area contributed by atoms with Crippen LogP contribution in [-0.4, -0.2) is 39.0 Å². The number of anilines is 1. The molecule has 1 N–H and O–H groups in total. The van der Waals surface area contributed by atoms with E-state index >= 15 is 0 Å². The molecule has 2 aromatic carbocycles. The Morgan fingerprint density at radius 3 is 2.39 bits per heavy atom. The second-order valence-corrected chi connectivity index (χ2v) is 10.7. The van der Waals surface area contributed by atoms with Gasteiger partial charge in [-0.2, -0.15) is 9.52 Å². The Morgan fingerprint density at radius 2 is 1.79 bits per heavy atom. The minimum absolute atomic E-state index is 0.0538. The van der Waals surface area contributed by atoms with Crippen LogP contribution in [0.4, 0.5) is 5.69 Å². The minimum atomic E-state index is -3.55. The van der Waals surface area contributed by atoms with Crippen molar-refractivity contribution in [2.45, 2.75) is 26.3 Å². The summed E-state index contributed by atoms with van der Waals surface area (Å²) in [6.45, 7) is 3.56. The van der Waals surface area contributed by atoms with Crippen molar-refractivity contribution in [3.63, 3.8) is 0 Å². The predicted octanol–water partition coefficient (Wildman–Crippen LogP) is 2.87. The Hall–Kier alpha value is -2.39. The van der Waals surface area contributed by atoms with Gasteiger partial charge in [0, 0.05) is 12.1 Å². The van der Waals surface area contributed by atoms with Gasteiger partial charge in [0.15, 0.2) is 0 Å². The number of nitrogens with one attached hydrogen (secondary N) is 1. The molecular formula is C19H23N3O4S2. The van der Waals surface area contributed by atoms with E-state index in [1.165, 1.54) is 4.41 Å². The van der Waals surface area contributed by atoms with Crippen LogP contribution in [0.1, 0.15) is 36.1 Å². The van der Waals surface area contributed by atoms with Crippen LogP contribution in [0.15, 0.2) is 53.6 Å². The molecule has 0 aliphatic carbocycles. The fourth-order valence-corrected chi connectivity index (χ4v) is 4.69. The SMILES string of the molecule is CCS(=O)(=O)N1N=C(c2cccc(NS(C)(=O)=O)c2)C[C@H]1c1ccc(C)cc1. The van der Waals surface area contributed by atoms with Crippen LogP contribution < -0.4 is 4.72 Å². The molecule has 1 atom stereocenters. The first-order valence-corrected chi connectivity index (χ1v) is 12.3. The van der Waals surface area contributed by atoms with Gasteiger partial charge >= 0.3 is 0 Å². The molecule has 0 unspecified atom stereocenters. The molecule has 150 valence electrons. The van der Waals surface area contributed by atoms with E-state index in [2.05, 4.69) is 9.82 Å². The smallest absolute Gasteiger partial charge is 0.250 e. The topological polar surface area (TPSA) is 95.9 Å². The average Bonchev–Trinajstić information content (AvgIpc) is 3.07. The third-order valence-corrected chi connectivity index (χ3v) is 6.73. The zero-order valence-electron chi connectivity index (χ0n) is 16.0. The average molecular weight is 422 g/mol. The lowest BCUT2D eigenvalue weighted by atomic mass is 9.98. The fourth-order valence-electron chi connectivity index (χ4n) is 3.06. The Morgan fingerprint density at radius 1 is 1.11 bits per heavy atom. The summed E-state index contributed by atoms with van der Waals surface area (Å²) in [5.74, 6) is -0.0538. The van der Waals surface area contributed by atoms with Crippen molar-refractivity contribution in [1.82, 2.24) is 4.41 Å². The molecule has 0 fully saturated rings. The summed E-state index contributed by atoms with van der Waals surface area (Å²) in [6, 6.07) is 14.1. The highest BCUT2D eigenvalue weighted by molar-refractivity contribution is 7.92. The van der Waals surface area contributed by atoms with Gasteiger partial charge in [0.2, 0.25) is 20.0 Å². The molecule has 9 heteroatoms. The molecule has 0 spiro atoms. The number of hydrogen-bond acceptors (Lipinski definition) is 5. The molecule has 1 aliphatic heterocycles. The van der Waals surface area contributed by atoms with E-state index in [9.17, 15) is 16.8 Å². The van der Waals surface area contributed by atoms with Crippen molar-refractivity contribution in [3.8, 4) is 0 Å². The molecule has 0 radical (unpaired) electrons. The Kier molecular flexibility index (Phi) is 5.49. The standard InChI is InChI=1S/C19H23N3O4S2/c1-4-28(25,26)22-19(15-10-8-14(2)9-11-15)13-18(20-22)16-6-5-7-17(12-16)21-27(3,23)24/h5-12,19,21H,4,13H2,1-3H3/t19-/m0/s1. The van der Waals surface area contributed by atoms with E-state index in [1.807, 2.05) is 31.2 Å². The van der Waals surface area contributed by atoms with Gasteiger partial charge in [-0.15, -0.1) is 0 Å². The van der Waals surface area contributed by atoms with Crippen LogP contribution in [0.25, 0.3) is 0 Å². The summed E-state index contributed by atoms with van der Waals surface area (Å²) in [7, 11) is -6.96. The molecule has 1 heterocycles. The van der Waals surface area contributed by atoms with E-state index in [0.717, 1.165) is 17.4 Å². The number of sulfonamides is 2. The molecule has 0 saturated carbocycles. The first-order valence-electron chi connectivity index (χ1n) is 8.83. The number of rotatable bonds is 6. The molecule has 0 saturated heterocycles. The highest BCUT2D eigenvalue weighted by atomic mass is 32.2. The lowest BCUT2D eigenvalue weighted by molar-refractivity contribution is 0.372. The van der Waals surface area contributed by atoms with Gasteiger partial charge in [0.25, 0.3) is 0 Å². The van der Waals surface area contributed by atoms with E-state index in [-0.39, 0.29) is 5.75 Å². The van der Waals surface area contributed by atoms with Gasteiger partial charge in [0.05, 0.1) is 23.8 Å². The van der Waals surface area contributed by atoms with E-state index in [1.54, 1.807) is 31.2 Å². The van der Waals surface area contributed by atoms with Crippen molar-refractivity contribution in [2.24, 2.45) is 5.10 Å². The van der Waals surface area contributed by atoms with Gasteiger partial charge < -0.3 is 0 Å². The van der Waals surface area contributed by atoms with Gasteiger partial charge in [0.1, 0.15) is 0 Å². The summed E-state index contributed by atoms with van der Waals surface area (Å²) in [5.41, 5.74) is 3.64. The van der Waals surface area contributed by atoms with Gasteiger partial charge in [-0.3, -0.25) is 4.72 Å². The van der Waals surface area contributed by atoms with Crippen LogP contribution in [0.2, 0.25) is 0 Å². The predicted molar refractivity (Wildman–Crippen MR) is 111 cm³/mol. The molecule has 7 nitrogen and oxygen atoms in total. The third kappa shape index (κ3) is 4.53. The normalized spacial score (nSPS) is 17.5. The molecular weight excluding hydrogens is 398 g/mol. The second kappa shape index (κ2) is 7.56. The minimum Gasteiger partial charge on any atom is -0.284 e. The van der Waals surface area contributed by atoms with Gasteiger partial charge in [-0.05, 0) is 37.1 Å². The zero-order valence-corrected chi connectivity index (χ0v) is 17.6. The molecule has 3 rings (SSSR count). The summed E-state index contributed by atoms with van der Waals surface area (Å²) < 4.78 is 51.8. The third-order valence-electron chi connectivity index (χ3n) is 4.48. The summed E-state index contributed by atoms with van der Waals surface area (Å²) in [6.07, 6.45) is 1.49. The summed E-state index contributed by atoms with van der Waals surface area (Å²) >= 11 is 0. The van der Waals surface area contributed by atoms with Gasteiger partial charge in [-0.25, -0.2) is 16.8 Å². The van der Waals surface area contributed by atoms with Crippen LogP contribution in [0.3, 0.4) is 0 Å². The Bertz CT molecular complexity index is 1110. The maximum atomic E-state index is 12.6. The number of hydrazone groups is 1. The lowest BCUT2D eigenvalue weighted by Gasteiger charge is -2.22. The first-order chi connectivity index (χ1) is 13.1. The molecule has 1 aliphatic rings. The molecule has 28 heavy (non-hydrogen) atoms. The molecule has 0 aromatic heterocycles. The largest absolute Gasteiger partial charge is 0.284 e. The van der Waals surface area contributed by atoms with Crippen molar-refractivity contribution >= 4 is 31.4 Å². The monoisotopic (exact) mass is 421 g/mol. The van der Waals surface area contributed by atoms with Crippen molar-refractivity contribution in [2.75, 3.05) is 16.7 Å². The van der Waals surface area contributed by atoms with E-state index in [4.69, 9.17) is 0 Å². The maximum absolute atomic E-state index is 12.6. The summed E-state index contributed by atoms with van der Waals surface area (Å²) in [5, 5.41) is 4.40. The number of benzene rings is 2. The van der Waals surface area contributed by atoms with Gasteiger partial charge in [-0.1, -0.05) is 42.0 Å². The Balaban J connectivity index is 1.99. The lowest BCUT2D eigenvalue weighted by Crippen LogP contribution is -2.28. The van der Waals surface area contributed by atoms with Crippen molar-refractivity contribution < 1.29 is 16.8 Å². The quantitative estimate of drug-likeness (QED) is 0.776.